The van der Waals surface area contributed by atoms with E-state index in [9.17, 15) is 8.42 Å². The molecule has 9 heavy (non-hydrogen) atoms. The summed E-state index contributed by atoms with van der Waals surface area (Å²) < 4.78 is 31.5. The Balaban J connectivity index is 0. The Labute approximate surface area is 61.8 Å². The van der Waals surface area contributed by atoms with Crippen LogP contribution >= 0.6 is 0 Å². The standard InChI is InChI=1S/CH2O2.In.H2N.HO3S.H/c2-1-3;;;1-4(2)3;/h1H,(H,2,3);;1H2;(H,1,2,3);/q;+1;-1;;. The van der Waals surface area contributed by atoms with Crippen LogP contribution in [0, 0.1) is 0 Å². The van der Waals surface area contributed by atoms with Gasteiger partial charge < -0.3 is 5.11 Å². The third kappa shape index (κ3) is 30.7. The number of hydrogen-bond acceptors (Lipinski definition) is 4. The summed E-state index contributed by atoms with van der Waals surface area (Å²) in [6.07, 6.45) is 0. The van der Waals surface area contributed by atoms with Crippen molar-refractivity contribution in [1.29, 1.82) is 0 Å². The van der Waals surface area contributed by atoms with Crippen molar-refractivity contribution in [1.82, 2.24) is 0 Å². The molecule has 0 rings (SSSR count). The second-order valence-electron chi connectivity index (χ2n) is 0.854. The van der Waals surface area contributed by atoms with E-state index in [0.29, 0.717) is 0 Å². The molecule has 0 unspecified atom stereocenters. The molecule has 0 aliphatic carbocycles. The van der Waals surface area contributed by atoms with Crippen LogP contribution in [0.2, 0.25) is 0 Å². The average Bonchev–Trinajstić information content (AvgIpc) is 1.67. The number of hydrogen-bond donors (Lipinski definition) is 3. The first kappa shape index (κ1) is 11.9. The predicted octanol–water partition coefficient (Wildman–Crippen LogP) is -2.20. The minimum absolute atomic E-state index is 0.250. The van der Waals surface area contributed by atoms with Gasteiger partial charge in [0.15, 0.2) is 0 Å². The molecule has 0 aliphatic heterocycles. The quantitative estimate of drug-likeness (QED) is 0.363. The molecule has 4 N–H and O–H groups in total. The van der Waals surface area contributed by atoms with Gasteiger partial charge in [-0.3, -0.25) is 4.79 Å². The zero-order valence-electron chi connectivity index (χ0n) is 4.39. The zero-order chi connectivity index (χ0) is 7.91. The van der Waals surface area contributed by atoms with Gasteiger partial charge in [0.05, 0.1) is 0 Å². The van der Waals surface area contributed by atoms with Crippen molar-refractivity contribution in [2.45, 2.75) is 0 Å². The molecule has 0 bridgehead atoms. The molecule has 0 fully saturated rings. The molecule has 0 spiro atoms. The van der Waals surface area contributed by atoms with Crippen LogP contribution in [0.5, 0.6) is 0 Å². The van der Waals surface area contributed by atoms with Gasteiger partial charge >= 0.3 is 45.4 Å². The molecule has 0 atom stereocenters. The summed E-state index contributed by atoms with van der Waals surface area (Å²) in [4.78, 5) is 8.36. The maximum atomic E-state index is 9.52. The van der Waals surface area contributed by atoms with E-state index in [1.54, 1.807) is 0 Å². The molecular formula is CH6InNO5S. The van der Waals surface area contributed by atoms with Crippen LogP contribution in [-0.2, 0) is 11.7 Å². The van der Waals surface area contributed by atoms with Crippen LogP contribution in [0.15, 0.2) is 0 Å². The van der Waals surface area contributed by atoms with Crippen LogP contribution in [-0.4, -0.2) is 46.3 Å². The fourth-order valence-electron chi connectivity index (χ4n) is 0. The summed E-state index contributed by atoms with van der Waals surface area (Å²) >= 11 is -2.24. The van der Waals surface area contributed by atoms with Crippen molar-refractivity contribution < 1.29 is 22.9 Å². The molecule has 0 saturated carbocycles. The van der Waals surface area contributed by atoms with Crippen LogP contribution in [0.3, 0.4) is 0 Å². The van der Waals surface area contributed by atoms with Gasteiger partial charge in [0, 0.05) is 0 Å². The molecule has 0 heterocycles. The van der Waals surface area contributed by atoms with Gasteiger partial charge in [0.1, 0.15) is 0 Å². The number of carbonyl (C=O) groups is 1. The van der Waals surface area contributed by atoms with Crippen LogP contribution in [0.25, 0.3) is 0 Å². The molecule has 54 valence electrons. The van der Waals surface area contributed by atoms with Gasteiger partial charge in [-0.15, -0.1) is 0 Å². The van der Waals surface area contributed by atoms with Gasteiger partial charge in [-0.2, -0.15) is 0 Å². The Hall–Kier alpha value is 0.210. The molecule has 0 saturated heterocycles. The first-order chi connectivity index (χ1) is 3.97. The topological polar surface area (TPSA) is 118 Å². The van der Waals surface area contributed by atoms with Gasteiger partial charge in [-0.1, -0.05) is 0 Å². The van der Waals surface area contributed by atoms with E-state index in [0.717, 1.165) is 0 Å². The predicted molar refractivity (Wildman–Crippen MR) is 31.6 cm³/mol. The fraction of sp³-hybridized carbons (Fsp3) is 0. The monoisotopic (exact) mass is 259 g/mol. The summed E-state index contributed by atoms with van der Waals surface area (Å²) in [5.74, 6) is 0. The molecular weight excluding hydrogens is 253 g/mol. The van der Waals surface area contributed by atoms with Crippen LogP contribution < -0.4 is 3.72 Å². The van der Waals surface area contributed by atoms with Crippen LogP contribution in [0.4, 0.5) is 0 Å². The first-order valence-corrected chi connectivity index (χ1v) is 10.6. The number of nitrogens with two attached hydrogens (primary N) is 1. The van der Waals surface area contributed by atoms with E-state index in [-0.39, 0.29) is 6.47 Å². The minimum atomic E-state index is -3.67. The molecule has 0 radical (unpaired) electrons. The molecule has 0 aromatic heterocycles. The van der Waals surface area contributed by atoms with E-state index in [1.807, 2.05) is 0 Å². The second-order valence-corrected chi connectivity index (χ2v) is 11.5. The molecule has 0 aromatic carbocycles. The van der Waals surface area contributed by atoms with Gasteiger partial charge in [-0.05, 0) is 0 Å². The van der Waals surface area contributed by atoms with Crippen molar-refractivity contribution in [2.24, 2.45) is 3.72 Å². The average molecular weight is 259 g/mol. The Morgan fingerprint density at radius 2 is 1.67 bits per heavy atom. The van der Waals surface area contributed by atoms with Crippen molar-refractivity contribution in [3.05, 3.63) is 0 Å². The Morgan fingerprint density at radius 3 is 1.67 bits per heavy atom. The summed E-state index contributed by atoms with van der Waals surface area (Å²) in [6.45, 7) is -3.92. The first-order valence-electron chi connectivity index (χ1n) is 1.71. The Morgan fingerprint density at radius 1 is 1.56 bits per heavy atom. The van der Waals surface area contributed by atoms with E-state index < -0.39 is 28.7 Å². The summed E-state index contributed by atoms with van der Waals surface area (Å²) in [6, 6.07) is 0. The Bertz CT molecular complexity index is 150. The van der Waals surface area contributed by atoms with Gasteiger partial charge in [0.2, 0.25) is 0 Å². The fourth-order valence-corrected chi connectivity index (χ4v) is 0. The third-order valence-electron chi connectivity index (χ3n) is 0.211. The summed E-state index contributed by atoms with van der Waals surface area (Å²) in [5.41, 5.74) is 0. The van der Waals surface area contributed by atoms with Crippen LogP contribution in [0.1, 0.15) is 0 Å². The Kier molecular flexibility index (Phi) is 8.40. The molecule has 0 aliphatic rings. The van der Waals surface area contributed by atoms with Crippen molar-refractivity contribution in [2.75, 3.05) is 0 Å². The maximum absolute atomic E-state index is 9.52. The second kappa shape index (κ2) is 6.33. The SMILES string of the molecule is O=CO.[NH2][InH][S](=O)(=O)O. The van der Waals surface area contributed by atoms with E-state index in [4.69, 9.17) is 14.5 Å². The molecule has 8 heteroatoms. The summed E-state index contributed by atoms with van der Waals surface area (Å²) in [7, 11) is 0. The molecule has 0 amide bonds. The van der Waals surface area contributed by atoms with Gasteiger partial charge in [0.25, 0.3) is 6.47 Å². The van der Waals surface area contributed by atoms with E-state index >= 15 is 0 Å². The van der Waals surface area contributed by atoms with Crippen molar-refractivity contribution in [3.8, 4) is 0 Å². The molecule has 6 nitrogen and oxygen atoms in total. The van der Waals surface area contributed by atoms with Crippen molar-refractivity contribution in [3.63, 3.8) is 0 Å². The van der Waals surface area contributed by atoms with Crippen molar-refractivity contribution >= 4 is 35.2 Å². The number of carboxylic acid groups (broad SMARTS) is 1. The van der Waals surface area contributed by atoms with E-state index in [1.165, 1.54) is 0 Å². The van der Waals surface area contributed by atoms with Gasteiger partial charge in [-0.25, -0.2) is 0 Å². The van der Waals surface area contributed by atoms with E-state index in [2.05, 4.69) is 3.72 Å². The zero-order valence-corrected chi connectivity index (χ0v) is 9.24. The number of rotatable bonds is 1. The third-order valence-corrected chi connectivity index (χ3v) is 4.24. The normalized spacial score (nSPS) is 8.67. The molecule has 0 aromatic rings. The summed E-state index contributed by atoms with van der Waals surface area (Å²) in [5, 5.41) is 6.89.